The van der Waals surface area contributed by atoms with Gasteiger partial charge in [-0.3, -0.25) is 19.2 Å². The van der Waals surface area contributed by atoms with E-state index in [1.807, 2.05) is 27.7 Å². The van der Waals surface area contributed by atoms with Gasteiger partial charge in [0.2, 0.25) is 12.2 Å². The second kappa shape index (κ2) is 29.7. The van der Waals surface area contributed by atoms with Gasteiger partial charge in [0.25, 0.3) is 0 Å². The third-order valence-electron chi connectivity index (χ3n) is 20.0. The van der Waals surface area contributed by atoms with Crippen LogP contribution in [0.15, 0.2) is 24.3 Å². The Morgan fingerprint density at radius 2 is 0.851 bits per heavy atom. The van der Waals surface area contributed by atoms with E-state index in [-0.39, 0.29) is 85.5 Å². The Bertz CT molecular complexity index is 2770. The monoisotopic (exact) mass is 1350 g/mol. The van der Waals surface area contributed by atoms with Crippen LogP contribution in [0.25, 0.3) is 0 Å². The molecule has 10 rings (SSSR count). The first-order valence-electron chi connectivity index (χ1n) is 32.9. The van der Waals surface area contributed by atoms with E-state index in [1.54, 1.807) is 20.8 Å². The maximum atomic E-state index is 12.7. The summed E-state index contributed by atoms with van der Waals surface area (Å²) in [4.78, 5) is 96.3. The molecule has 94 heavy (non-hydrogen) atoms. The van der Waals surface area contributed by atoms with Crippen molar-refractivity contribution < 1.29 is 131 Å². The molecule has 10 aliphatic rings. The first-order valence-corrected chi connectivity index (χ1v) is 32.9. The molecule has 22 nitrogen and oxygen atoms in total. The maximum Gasteiger partial charge on any atom is 0.425 e. The van der Waals surface area contributed by atoms with Crippen LogP contribution in [0.1, 0.15) is 212 Å². The molecular formula is C66H94F6O22. The summed E-state index contributed by atoms with van der Waals surface area (Å²) in [7, 11) is 0. The fraction of sp³-hybridized carbons (Fsp3) is 0.818. The summed E-state index contributed by atoms with van der Waals surface area (Å²) in [5.74, 6) is -8.45. The van der Waals surface area contributed by atoms with Gasteiger partial charge in [0.05, 0.1) is 22.7 Å². The topological polar surface area (TPSA) is 266 Å². The van der Waals surface area contributed by atoms with Gasteiger partial charge in [-0.2, -0.15) is 26.3 Å². The van der Waals surface area contributed by atoms with E-state index in [0.717, 1.165) is 58.8 Å². The number of fused-ring (bicyclic) bond motifs is 6. The van der Waals surface area contributed by atoms with Gasteiger partial charge >= 0.3 is 60.1 Å². The van der Waals surface area contributed by atoms with Gasteiger partial charge in [-0.1, -0.05) is 40.9 Å². The van der Waals surface area contributed by atoms with Gasteiger partial charge < -0.3 is 66.3 Å². The molecule has 6 heterocycles. The Kier molecular flexibility index (Phi) is 24.0. The van der Waals surface area contributed by atoms with Crippen LogP contribution < -0.4 is 0 Å². The Hall–Kier alpha value is -5.42. The predicted octanol–water partition coefficient (Wildman–Crippen LogP) is 11.2. The second-order valence-corrected chi connectivity index (χ2v) is 27.7. The highest BCUT2D eigenvalue weighted by Crippen LogP contribution is 2.52. The van der Waals surface area contributed by atoms with Crippen molar-refractivity contribution in [2.45, 2.75) is 320 Å². The lowest BCUT2D eigenvalue weighted by Crippen LogP contribution is -2.43. The summed E-state index contributed by atoms with van der Waals surface area (Å²) in [6, 6.07) is 0. The van der Waals surface area contributed by atoms with Crippen molar-refractivity contribution in [1.82, 2.24) is 0 Å². The van der Waals surface area contributed by atoms with Crippen LogP contribution in [0.2, 0.25) is 0 Å². The van der Waals surface area contributed by atoms with Crippen molar-refractivity contribution in [2.75, 3.05) is 0 Å². The average Bonchev–Trinajstić information content (AvgIpc) is 1.58. The number of carbonyl (C=O) groups is 8. The molecule has 6 saturated heterocycles. The van der Waals surface area contributed by atoms with Crippen LogP contribution >= 0.6 is 0 Å². The van der Waals surface area contributed by atoms with Gasteiger partial charge in [-0.15, -0.1) is 0 Å². The zero-order valence-corrected chi connectivity index (χ0v) is 55.9. The molecule has 0 N–H and O–H groups in total. The molecule has 0 amide bonds. The summed E-state index contributed by atoms with van der Waals surface area (Å²) in [6.45, 7) is 27.2. The maximum absolute atomic E-state index is 12.7. The van der Waals surface area contributed by atoms with Gasteiger partial charge in [0, 0.05) is 36.8 Å². The average molecular weight is 1350 g/mol. The largest absolute Gasteiger partial charge is 0.459 e. The van der Waals surface area contributed by atoms with E-state index in [2.05, 4.69) is 36.5 Å². The third-order valence-corrected chi connectivity index (χ3v) is 20.0. The van der Waals surface area contributed by atoms with Gasteiger partial charge in [-0.25, -0.2) is 19.2 Å². The van der Waals surface area contributed by atoms with Crippen LogP contribution in [-0.2, 0) is 105 Å². The van der Waals surface area contributed by atoms with E-state index in [9.17, 15) is 64.7 Å². The molecule has 2 spiro atoms. The summed E-state index contributed by atoms with van der Waals surface area (Å²) in [5, 5.41) is 0. The SMILES string of the molecule is C=C(C)C(=O)OC1(CC)CCCC1.C=C(C)C(=O)O[C@@H]1C(=O)O[C@@H]2[C@H]3OC4(CCC(C(=O)OC(C)C(F)(F)F)CC4)O[C@H]3O[C@@H]21.CCC(C)(C)C(=O)O[C@@H]1C(=O)O[C@@H]2[C@H]3OC4(CCC(C(=O)OC(C)C(F)(F)F)CC4)O[C@H]3O[C@@H]21.CCC1(OC(=O)C(C)(C)CC)CCCC1. The molecule has 532 valence electrons. The number of hydrogen-bond donors (Lipinski definition) is 0. The van der Waals surface area contributed by atoms with Crippen molar-refractivity contribution >= 4 is 47.8 Å². The highest BCUT2D eigenvalue weighted by molar-refractivity contribution is 5.90. The number of hydrogen-bond acceptors (Lipinski definition) is 22. The molecule has 2 unspecified atom stereocenters. The fourth-order valence-electron chi connectivity index (χ4n) is 12.6. The Balaban J connectivity index is 0.000000191. The number of esters is 8. The van der Waals surface area contributed by atoms with Crippen molar-refractivity contribution in [3.63, 3.8) is 0 Å². The molecule has 4 saturated carbocycles. The number of halogens is 6. The van der Waals surface area contributed by atoms with Crippen molar-refractivity contribution in [2.24, 2.45) is 22.7 Å². The number of rotatable bonds is 16. The lowest BCUT2D eigenvalue weighted by molar-refractivity contribution is -0.251. The zero-order chi connectivity index (χ0) is 69.9. The first kappa shape index (κ1) is 76.0. The summed E-state index contributed by atoms with van der Waals surface area (Å²) in [5.41, 5.74) is -0.795. The fourth-order valence-corrected chi connectivity index (χ4v) is 12.6. The van der Waals surface area contributed by atoms with Gasteiger partial charge in [0.15, 0.2) is 60.8 Å². The molecule has 0 aromatic heterocycles. The molecule has 4 aliphatic carbocycles. The second-order valence-electron chi connectivity index (χ2n) is 27.7. The van der Waals surface area contributed by atoms with Gasteiger partial charge in [0.1, 0.15) is 23.4 Å². The predicted molar refractivity (Wildman–Crippen MR) is 314 cm³/mol. The lowest BCUT2D eigenvalue weighted by Gasteiger charge is -2.36. The van der Waals surface area contributed by atoms with Crippen molar-refractivity contribution in [3.05, 3.63) is 24.3 Å². The molecule has 6 aliphatic heterocycles. The van der Waals surface area contributed by atoms with E-state index in [4.69, 9.17) is 56.8 Å². The van der Waals surface area contributed by atoms with E-state index in [1.165, 1.54) is 32.6 Å². The number of ether oxygens (including phenoxy) is 14. The van der Waals surface area contributed by atoms with E-state index in [0.29, 0.717) is 12.0 Å². The van der Waals surface area contributed by atoms with Crippen LogP contribution in [0.4, 0.5) is 26.3 Å². The van der Waals surface area contributed by atoms with E-state index >= 15 is 0 Å². The van der Waals surface area contributed by atoms with Crippen LogP contribution in [0.3, 0.4) is 0 Å². The molecule has 12 atom stereocenters. The molecular weight excluding hydrogens is 1260 g/mol. The molecule has 10 fully saturated rings. The van der Waals surface area contributed by atoms with Crippen LogP contribution in [0, 0.1) is 22.7 Å². The molecule has 0 radical (unpaired) electrons. The minimum absolute atomic E-state index is 0.0197. The Morgan fingerprint density at radius 3 is 1.19 bits per heavy atom. The molecule has 0 aromatic rings. The molecule has 28 heteroatoms. The minimum atomic E-state index is -4.62. The van der Waals surface area contributed by atoms with Crippen molar-refractivity contribution in [3.8, 4) is 0 Å². The Morgan fingerprint density at radius 1 is 0.500 bits per heavy atom. The normalized spacial score (nSPS) is 33.2. The summed E-state index contributed by atoms with van der Waals surface area (Å²) >= 11 is 0. The summed E-state index contributed by atoms with van der Waals surface area (Å²) in [6.07, 6.45) is -8.88. The smallest absolute Gasteiger partial charge is 0.425 e. The van der Waals surface area contributed by atoms with Crippen LogP contribution in [0.5, 0.6) is 0 Å². The molecule has 0 aromatic carbocycles. The first-order chi connectivity index (χ1) is 43.7. The van der Waals surface area contributed by atoms with Crippen molar-refractivity contribution in [1.29, 1.82) is 0 Å². The van der Waals surface area contributed by atoms with E-state index < -0.39 is 151 Å². The standard InChI is InChI=1S/C22H29F3O9.C20H23F3O9.C13H24O2.C11H18O2/c1-5-20(3,4)19(28)32-14-12-13(30-17(14)27)15-18(31-12)34-21(33-15)8-6-11(7-9-21)16(26)29-10(2)22(23,24)25;1-8(2)15(24)29-13-11-12(28-17(13)26)14-18(30-11)32-19(31-14)6-4-10(5-7-19)16(25)27-9(3)20(21,22)23;1-5-12(3,4)11(14)15-13(6-2)9-7-8-10-13;1-4-11(7-5-6-8-11)13-10(12)9(2)3/h10-15,18H,5-9H2,1-4H3;9-14,18H,1,4-7H2,2-3H3;5-10H2,1-4H3;2,4-8H2,1,3H3/t10?,11?,12-,13-,14-,15+,18+,21?;9?,10?,11-,12-,13-,14+,18+,19?;;/m00../s1. The highest BCUT2D eigenvalue weighted by Gasteiger charge is 2.68. The number of alkyl halides is 6. The highest BCUT2D eigenvalue weighted by atomic mass is 19.4. The Labute approximate surface area is 544 Å². The minimum Gasteiger partial charge on any atom is -0.459 e. The lowest BCUT2D eigenvalue weighted by atomic mass is 9.85. The third kappa shape index (κ3) is 17.5. The number of carbonyl (C=O) groups excluding carboxylic acids is 8. The van der Waals surface area contributed by atoms with Gasteiger partial charge in [-0.05, 0) is 158 Å². The molecule has 0 bridgehead atoms. The van der Waals surface area contributed by atoms with Crippen LogP contribution in [-0.4, -0.2) is 157 Å². The quantitative estimate of drug-likeness (QED) is 0.0601. The summed E-state index contributed by atoms with van der Waals surface area (Å²) < 4.78 is 153. The zero-order valence-electron chi connectivity index (χ0n) is 55.9.